The average Bonchev–Trinajstić information content (AvgIpc) is 2.97. The minimum absolute atomic E-state index is 0.122. The van der Waals surface area contributed by atoms with E-state index in [9.17, 15) is 9.59 Å². The summed E-state index contributed by atoms with van der Waals surface area (Å²) in [7, 11) is 0. The van der Waals surface area contributed by atoms with Crippen molar-refractivity contribution in [3.05, 3.63) is 59.2 Å². The molecule has 122 valence electrons. The van der Waals surface area contributed by atoms with Gasteiger partial charge in [0.15, 0.2) is 0 Å². The summed E-state index contributed by atoms with van der Waals surface area (Å²) in [6.45, 7) is 3.81. The summed E-state index contributed by atoms with van der Waals surface area (Å²) in [5.41, 5.74) is 4.30. The van der Waals surface area contributed by atoms with Crippen LogP contribution in [-0.2, 0) is 4.79 Å². The molecular weight excluding hydrogens is 304 g/mol. The Morgan fingerprint density at radius 3 is 2.62 bits per heavy atom. The lowest BCUT2D eigenvalue weighted by molar-refractivity contribution is -0.115. The van der Waals surface area contributed by atoms with Gasteiger partial charge >= 0.3 is 0 Å². The van der Waals surface area contributed by atoms with Gasteiger partial charge in [0.2, 0.25) is 11.9 Å². The third-order valence-corrected chi connectivity index (χ3v) is 3.83. The van der Waals surface area contributed by atoms with Gasteiger partial charge in [0.1, 0.15) is 0 Å². The average molecular weight is 322 g/mol. The zero-order chi connectivity index (χ0) is 17.1. The summed E-state index contributed by atoms with van der Waals surface area (Å²) in [4.78, 5) is 31.3. The fraction of sp³-hybridized carbons (Fsp3) is 0.167. The first-order valence-corrected chi connectivity index (χ1v) is 7.63. The molecular formula is C18H18N4O2. The molecule has 0 radical (unpaired) electrons. The number of rotatable bonds is 4. The van der Waals surface area contributed by atoms with Gasteiger partial charge in [-0.1, -0.05) is 18.2 Å². The Morgan fingerprint density at radius 2 is 1.88 bits per heavy atom. The minimum Gasteiger partial charge on any atom is -0.343 e. The molecule has 24 heavy (non-hydrogen) atoms. The van der Waals surface area contributed by atoms with Gasteiger partial charge in [-0.05, 0) is 49.2 Å². The van der Waals surface area contributed by atoms with Crippen LogP contribution in [0.1, 0.15) is 21.5 Å². The molecule has 6 heteroatoms. The van der Waals surface area contributed by atoms with Gasteiger partial charge < -0.3 is 10.3 Å². The molecule has 0 fully saturated rings. The van der Waals surface area contributed by atoms with E-state index in [1.54, 1.807) is 6.07 Å². The number of aromatic amines is 1. The van der Waals surface area contributed by atoms with Crippen LogP contribution < -0.4 is 10.6 Å². The first-order valence-electron chi connectivity index (χ1n) is 7.63. The summed E-state index contributed by atoms with van der Waals surface area (Å²) in [6.07, 6.45) is 0. The van der Waals surface area contributed by atoms with E-state index in [4.69, 9.17) is 0 Å². The van der Waals surface area contributed by atoms with E-state index < -0.39 is 0 Å². The predicted molar refractivity (Wildman–Crippen MR) is 93.0 cm³/mol. The maximum absolute atomic E-state index is 12.1. The number of imidazole rings is 1. The van der Waals surface area contributed by atoms with Crippen LogP contribution in [0.3, 0.4) is 0 Å². The molecule has 0 saturated carbocycles. The number of nitrogens with zero attached hydrogens (tertiary/aromatic N) is 1. The van der Waals surface area contributed by atoms with Gasteiger partial charge in [-0.15, -0.1) is 0 Å². The molecule has 0 atom stereocenters. The van der Waals surface area contributed by atoms with Gasteiger partial charge in [0.05, 0.1) is 17.6 Å². The van der Waals surface area contributed by atoms with Crippen molar-refractivity contribution in [2.45, 2.75) is 13.8 Å². The van der Waals surface area contributed by atoms with Crippen LogP contribution in [0.2, 0.25) is 0 Å². The smallest absolute Gasteiger partial charge is 0.251 e. The molecule has 0 aliphatic rings. The number of amides is 2. The van der Waals surface area contributed by atoms with Crippen LogP contribution >= 0.6 is 0 Å². The Balaban J connectivity index is 1.58. The highest BCUT2D eigenvalue weighted by atomic mass is 16.2. The van der Waals surface area contributed by atoms with Crippen molar-refractivity contribution in [2.24, 2.45) is 0 Å². The summed E-state index contributed by atoms with van der Waals surface area (Å²) >= 11 is 0. The first kappa shape index (κ1) is 15.7. The lowest BCUT2D eigenvalue weighted by atomic mass is 10.1. The molecule has 3 rings (SSSR count). The molecule has 1 heterocycles. The number of carbonyl (C=O) groups is 2. The van der Waals surface area contributed by atoms with Crippen LogP contribution in [0.5, 0.6) is 0 Å². The van der Waals surface area contributed by atoms with Gasteiger partial charge in [-0.2, -0.15) is 0 Å². The molecule has 0 aliphatic carbocycles. The largest absolute Gasteiger partial charge is 0.343 e. The van der Waals surface area contributed by atoms with Crippen molar-refractivity contribution >= 4 is 28.8 Å². The van der Waals surface area contributed by atoms with Crippen molar-refractivity contribution < 1.29 is 9.59 Å². The van der Waals surface area contributed by atoms with Crippen LogP contribution in [0, 0.1) is 13.8 Å². The highest BCUT2D eigenvalue weighted by Gasteiger charge is 2.10. The fourth-order valence-corrected chi connectivity index (χ4v) is 2.33. The molecule has 6 nitrogen and oxygen atoms in total. The highest BCUT2D eigenvalue weighted by Crippen LogP contribution is 2.13. The number of aryl methyl sites for hydroxylation is 2. The Hall–Kier alpha value is -3.15. The highest BCUT2D eigenvalue weighted by molar-refractivity contribution is 5.99. The van der Waals surface area contributed by atoms with E-state index in [2.05, 4.69) is 20.6 Å². The third-order valence-electron chi connectivity index (χ3n) is 3.83. The van der Waals surface area contributed by atoms with E-state index in [-0.39, 0.29) is 18.4 Å². The zero-order valence-electron chi connectivity index (χ0n) is 13.5. The normalized spacial score (nSPS) is 10.6. The molecule has 0 saturated heterocycles. The quantitative estimate of drug-likeness (QED) is 0.690. The van der Waals surface area contributed by atoms with Crippen LogP contribution in [0.25, 0.3) is 11.0 Å². The van der Waals surface area contributed by atoms with Crippen molar-refractivity contribution in [2.75, 3.05) is 11.9 Å². The molecule has 3 aromatic rings. The Labute approximate surface area is 139 Å². The number of benzene rings is 2. The van der Waals surface area contributed by atoms with Crippen molar-refractivity contribution in [1.29, 1.82) is 0 Å². The third kappa shape index (κ3) is 3.43. The van der Waals surface area contributed by atoms with E-state index >= 15 is 0 Å². The van der Waals surface area contributed by atoms with Crippen molar-refractivity contribution in [3.63, 3.8) is 0 Å². The lowest BCUT2D eigenvalue weighted by Gasteiger charge is -2.07. The number of anilines is 1. The molecule has 0 bridgehead atoms. The fourth-order valence-electron chi connectivity index (χ4n) is 2.33. The molecule has 0 aliphatic heterocycles. The van der Waals surface area contributed by atoms with Crippen LogP contribution in [-0.4, -0.2) is 28.3 Å². The van der Waals surface area contributed by atoms with Gasteiger partial charge in [-0.25, -0.2) is 4.98 Å². The monoisotopic (exact) mass is 322 g/mol. The topological polar surface area (TPSA) is 86.9 Å². The number of H-pyrrole nitrogens is 1. The number of nitrogens with one attached hydrogen (secondary N) is 3. The Morgan fingerprint density at radius 1 is 1.08 bits per heavy atom. The van der Waals surface area contributed by atoms with Crippen molar-refractivity contribution in [1.82, 2.24) is 15.3 Å². The molecule has 1 aromatic heterocycles. The number of carbonyl (C=O) groups excluding carboxylic acids is 2. The number of para-hydroxylation sites is 2. The second kappa shape index (κ2) is 6.54. The molecule has 3 N–H and O–H groups in total. The number of hydrogen-bond acceptors (Lipinski definition) is 3. The Kier molecular flexibility index (Phi) is 4.29. The second-order valence-corrected chi connectivity index (χ2v) is 5.63. The molecule has 2 amide bonds. The maximum atomic E-state index is 12.1. The zero-order valence-corrected chi connectivity index (χ0v) is 13.5. The lowest BCUT2D eigenvalue weighted by Crippen LogP contribution is -2.33. The minimum atomic E-state index is -0.341. The molecule has 0 unspecified atom stereocenters. The van der Waals surface area contributed by atoms with E-state index in [1.807, 2.05) is 50.2 Å². The SMILES string of the molecule is Cc1ccc(C(=O)NCC(=O)Nc2nc3ccccc3[nH]2)cc1C. The van der Waals surface area contributed by atoms with E-state index in [0.717, 1.165) is 22.2 Å². The van der Waals surface area contributed by atoms with Crippen LogP contribution in [0.4, 0.5) is 5.95 Å². The van der Waals surface area contributed by atoms with Crippen LogP contribution in [0.15, 0.2) is 42.5 Å². The van der Waals surface area contributed by atoms with Crippen molar-refractivity contribution in [3.8, 4) is 0 Å². The van der Waals surface area contributed by atoms with E-state index in [0.29, 0.717) is 11.5 Å². The van der Waals surface area contributed by atoms with Gasteiger partial charge in [-0.3, -0.25) is 14.9 Å². The van der Waals surface area contributed by atoms with Gasteiger partial charge in [0.25, 0.3) is 5.91 Å². The van der Waals surface area contributed by atoms with Gasteiger partial charge in [0, 0.05) is 5.56 Å². The summed E-state index contributed by atoms with van der Waals surface area (Å²) in [6, 6.07) is 12.9. The summed E-state index contributed by atoms with van der Waals surface area (Å²) < 4.78 is 0. The molecule has 2 aromatic carbocycles. The summed E-state index contributed by atoms with van der Waals surface area (Å²) in [5, 5.41) is 5.25. The standard InChI is InChI=1S/C18H18N4O2/c1-11-7-8-13(9-12(11)2)17(24)19-10-16(23)22-18-20-14-5-3-4-6-15(14)21-18/h3-9H,10H2,1-2H3,(H,19,24)(H2,20,21,22,23). The second-order valence-electron chi connectivity index (χ2n) is 5.63. The van der Waals surface area contributed by atoms with E-state index in [1.165, 1.54) is 0 Å². The molecule has 0 spiro atoms. The Bertz CT molecular complexity index is 881. The number of hydrogen-bond donors (Lipinski definition) is 3. The number of aromatic nitrogens is 2. The summed E-state index contributed by atoms with van der Waals surface area (Å²) in [5.74, 6) is -0.259. The maximum Gasteiger partial charge on any atom is 0.251 e. The number of fused-ring (bicyclic) bond motifs is 1. The first-order chi connectivity index (χ1) is 11.5. The predicted octanol–water partition coefficient (Wildman–Crippen LogP) is 2.55.